The molecule has 1 aromatic rings. The predicted molar refractivity (Wildman–Crippen MR) is 73.7 cm³/mol. The van der Waals surface area contributed by atoms with E-state index in [1.54, 1.807) is 6.07 Å². The summed E-state index contributed by atoms with van der Waals surface area (Å²) in [6.07, 6.45) is 1.25. The van der Waals surface area contributed by atoms with Gasteiger partial charge in [-0.05, 0) is 37.6 Å². The number of halogens is 1. The molecule has 108 valence electrons. The number of nitro groups is 1. The molecular formula is C13H15ClN2O4. The Morgan fingerprint density at radius 3 is 2.60 bits per heavy atom. The molecule has 0 saturated carbocycles. The molecule has 0 amide bonds. The van der Waals surface area contributed by atoms with E-state index >= 15 is 0 Å². The van der Waals surface area contributed by atoms with Gasteiger partial charge in [0.05, 0.1) is 15.9 Å². The van der Waals surface area contributed by atoms with E-state index in [-0.39, 0.29) is 11.6 Å². The molecule has 1 saturated heterocycles. The van der Waals surface area contributed by atoms with E-state index in [0.717, 1.165) is 5.56 Å². The van der Waals surface area contributed by atoms with Crippen LogP contribution in [0.4, 0.5) is 5.69 Å². The smallest absolute Gasteiger partial charge is 0.306 e. The van der Waals surface area contributed by atoms with Gasteiger partial charge in [-0.3, -0.25) is 19.8 Å². The number of nitrogens with zero attached hydrogens (tertiary/aromatic N) is 2. The number of carbonyl (C=O) groups is 1. The summed E-state index contributed by atoms with van der Waals surface area (Å²) in [5.41, 5.74) is 0.800. The number of carboxylic acid groups (broad SMARTS) is 1. The third-order valence-electron chi connectivity index (χ3n) is 3.58. The summed E-state index contributed by atoms with van der Waals surface area (Å²) in [6.45, 7) is 1.98. The van der Waals surface area contributed by atoms with Crippen LogP contribution in [-0.4, -0.2) is 34.0 Å². The maximum atomic E-state index is 10.9. The topological polar surface area (TPSA) is 83.7 Å². The fourth-order valence-corrected chi connectivity index (χ4v) is 2.59. The molecule has 2 rings (SSSR count). The Kier molecular flexibility index (Phi) is 4.57. The number of piperidine rings is 1. The van der Waals surface area contributed by atoms with Gasteiger partial charge in [-0.2, -0.15) is 0 Å². The molecule has 1 aliphatic heterocycles. The number of non-ortho nitro benzene ring substituents is 1. The lowest BCUT2D eigenvalue weighted by atomic mass is 9.97. The van der Waals surface area contributed by atoms with Crippen molar-refractivity contribution in [2.75, 3.05) is 13.1 Å². The Bertz CT molecular complexity index is 527. The van der Waals surface area contributed by atoms with E-state index in [1.165, 1.54) is 12.1 Å². The first-order chi connectivity index (χ1) is 9.47. The van der Waals surface area contributed by atoms with Gasteiger partial charge in [0.1, 0.15) is 0 Å². The van der Waals surface area contributed by atoms with Crippen LogP contribution in [0.2, 0.25) is 5.02 Å². The van der Waals surface area contributed by atoms with Crippen molar-refractivity contribution in [3.63, 3.8) is 0 Å². The van der Waals surface area contributed by atoms with Gasteiger partial charge >= 0.3 is 5.97 Å². The average molecular weight is 299 g/mol. The van der Waals surface area contributed by atoms with E-state index in [1.807, 2.05) is 0 Å². The lowest BCUT2D eigenvalue weighted by Crippen LogP contribution is -2.35. The van der Waals surface area contributed by atoms with Crippen LogP contribution >= 0.6 is 11.6 Å². The lowest BCUT2D eigenvalue weighted by Gasteiger charge is -2.30. The van der Waals surface area contributed by atoms with Crippen LogP contribution in [0.3, 0.4) is 0 Å². The first kappa shape index (κ1) is 14.7. The summed E-state index contributed by atoms with van der Waals surface area (Å²) in [5, 5.41) is 19.9. The summed E-state index contributed by atoms with van der Waals surface area (Å²) in [4.78, 5) is 23.1. The van der Waals surface area contributed by atoms with Gasteiger partial charge < -0.3 is 5.11 Å². The molecule has 7 heteroatoms. The van der Waals surface area contributed by atoms with Gasteiger partial charge in [-0.1, -0.05) is 11.6 Å². The second kappa shape index (κ2) is 6.19. The standard InChI is InChI=1S/C13H15ClN2O4/c14-12-7-11(16(19)20)2-1-10(12)8-15-5-3-9(4-6-15)13(17)18/h1-2,7,9H,3-6,8H2,(H,17,18). The van der Waals surface area contributed by atoms with Crippen LogP contribution in [0, 0.1) is 16.0 Å². The molecule has 0 atom stereocenters. The Balaban J connectivity index is 1.98. The van der Waals surface area contributed by atoms with Gasteiger partial charge in [0, 0.05) is 18.7 Å². The van der Waals surface area contributed by atoms with Gasteiger partial charge in [0.25, 0.3) is 5.69 Å². The Labute approximate surface area is 121 Å². The number of likely N-dealkylation sites (tertiary alicyclic amines) is 1. The van der Waals surface area contributed by atoms with Crippen LogP contribution in [0.15, 0.2) is 18.2 Å². The lowest BCUT2D eigenvalue weighted by molar-refractivity contribution is -0.384. The third kappa shape index (κ3) is 3.46. The third-order valence-corrected chi connectivity index (χ3v) is 3.93. The summed E-state index contributed by atoms with van der Waals surface area (Å²) >= 11 is 6.05. The number of carboxylic acids is 1. The van der Waals surface area contributed by atoms with Crippen molar-refractivity contribution in [3.8, 4) is 0 Å². The van der Waals surface area contributed by atoms with Crippen molar-refractivity contribution in [1.82, 2.24) is 4.90 Å². The highest BCUT2D eigenvalue weighted by Crippen LogP contribution is 2.25. The molecule has 1 fully saturated rings. The molecule has 0 radical (unpaired) electrons. The first-order valence-corrected chi connectivity index (χ1v) is 6.73. The molecule has 6 nitrogen and oxygen atoms in total. The van der Waals surface area contributed by atoms with Crippen molar-refractivity contribution in [3.05, 3.63) is 38.9 Å². The minimum atomic E-state index is -0.738. The van der Waals surface area contributed by atoms with Gasteiger partial charge in [-0.15, -0.1) is 0 Å². The second-order valence-corrected chi connectivity index (χ2v) is 5.33. The van der Waals surface area contributed by atoms with E-state index in [9.17, 15) is 14.9 Å². The van der Waals surface area contributed by atoms with Crippen molar-refractivity contribution >= 4 is 23.3 Å². The normalized spacial score (nSPS) is 17.1. The Morgan fingerprint density at radius 1 is 1.45 bits per heavy atom. The van der Waals surface area contributed by atoms with Gasteiger partial charge in [0.2, 0.25) is 0 Å². The zero-order chi connectivity index (χ0) is 14.7. The number of benzene rings is 1. The average Bonchev–Trinajstić information content (AvgIpc) is 2.41. The SMILES string of the molecule is O=C(O)C1CCN(Cc2ccc([N+](=O)[O-])cc2Cl)CC1. The molecule has 1 N–H and O–H groups in total. The Hall–Kier alpha value is -1.66. The van der Waals surface area contributed by atoms with Crippen molar-refractivity contribution < 1.29 is 14.8 Å². The van der Waals surface area contributed by atoms with Crippen LogP contribution in [0.5, 0.6) is 0 Å². The van der Waals surface area contributed by atoms with Crippen molar-refractivity contribution in [2.45, 2.75) is 19.4 Å². The molecule has 0 aliphatic carbocycles. The Morgan fingerprint density at radius 2 is 2.10 bits per heavy atom. The van der Waals surface area contributed by atoms with Crippen LogP contribution in [0.25, 0.3) is 0 Å². The largest absolute Gasteiger partial charge is 0.481 e. The molecule has 1 heterocycles. The van der Waals surface area contributed by atoms with E-state index < -0.39 is 10.9 Å². The van der Waals surface area contributed by atoms with E-state index in [4.69, 9.17) is 16.7 Å². The highest BCUT2D eigenvalue weighted by molar-refractivity contribution is 6.31. The molecule has 0 unspecified atom stereocenters. The highest BCUT2D eigenvalue weighted by Gasteiger charge is 2.24. The fourth-order valence-electron chi connectivity index (χ4n) is 2.36. The van der Waals surface area contributed by atoms with Crippen LogP contribution in [-0.2, 0) is 11.3 Å². The van der Waals surface area contributed by atoms with Gasteiger partial charge in [-0.25, -0.2) is 0 Å². The summed E-state index contributed by atoms with van der Waals surface area (Å²) in [6, 6.07) is 4.44. The van der Waals surface area contributed by atoms with E-state index in [2.05, 4.69) is 4.90 Å². The number of nitro benzene ring substituents is 1. The monoisotopic (exact) mass is 298 g/mol. The first-order valence-electron chi connectivity index (χ1n) is 6.35. The molecule has 0 bridgehead atoms. The van der Waals surface area contributed by atoms with Crippen LogP contribution in [0.1, 0.15) is 18.4 Å². The maximum Gasteiger partial charge on any atom is 0.306 e. The minimum Gasteiger partial charge on any atom is -0.481 e. The second-order valence-electron chi connectivity index (χ2n) is 4.92. The quantitative estimate of drug-likeness (QED) is 0.682. The van der Waals surface area contributed by atoms with Crippen molar-refractivity contribution in [2.24, 2.45) is 5.92 Å². The predicted octanol–water partition coefficient (Wildman–Crippen LogP) is 2.54. The molecule has 1 aromatic carbocycles. The molecular weight excluding hydrogens is 284 g/mol. The van der Waals surface area contributed by atoms with Gasteiger partial charge in [0.15, 0.2) is 0 Å². The zero-order valence-corrected chi connectivity index (χ0v) is 11.5. The summed E-state index contributed by atoms with van der Waals surface area (Å²) < 4.78 is 0. The number of hydrogen-bond donors (Lipinski definition) is 1. The summed E-state index contributed by atoms with van der Waals surface area (Å²) in [5.74, 6) is -1.00. The number of rotatable bonds is 4. The zero-order valence-electron chi connectivity index (χ0n) is 10.8. The molecule has 0 spiro atoms. The molecule has 0 aromatic heterocycles. The van der Waals surface area contributed by atoms with E-state index in [0.29, 0.717) is 37.5 Å². The van der Waals surface area contributed by atoms with Crippen molar-refractivity contribution in [1.29, 1.82) is 0 Å². The summed E-state index contributed by atoms with van der Waals surface area (Å²) in [7, 11) is 0. The number of aliphatic carboxylic acids is 1. The molecule has 1 aliphatic rings. The molecule has 20 heavy (non-hydrogen) atoms. The maximum absolute atomic E-state index is 10.9. The highest BCUT2D eigenvalue weighted by atomic mass is 35.5. The fraction of sp³-hybridized carbons (Fsp3) is 0.462. The van der Waals surface area contributed by atoms with Crippen LogP contribution < -0.4 is 0 Å². The number of hydrogen-bond acceptors (Lipinski definition) is 4. The minimum absolute atomic E-state index is 0.0247.